The average Bonchev–Trinajstić information content (AvgIpc) is 2.60. The predicted octanol–water partition coefficient (Wildman–Crippen LogP) is 4.97. The van der Waals surface area contributed by atoms with E-state index in [1.54, 1.807) is 20.1 Å². The van der Waals surface area contributed by atoms with E-state index >= 15 is 0 Å². The van der Waals surface area contributed by atoms with Gasteiger partial charge in [0.1, 0.15) is 5.75 Å². The number of allylic oxidation sites excluding steroid dienone is 5. The molecule has 5 heteroatoms. The maximum absolute atomic E-state index is 10.7. The summed E-state index contributed by atoms with van der Waals surface area (Å²) in [5, 5.41) is 8.75. The van der Waals surface area contributed by atoms with Gasteiger partial charge in [-0.15, -0.1) is 0 Å². The number of ether oxygens (including phenoxy) is 3. The van der Waals surface area contributed by atoms with Gasteiger partial charge in [0, 0.05) is 18.7 Å². The van der Waals surface area contributed by atoms with E-state index in [0.29, 0.717) is 18.8 Å². The number of hydrogen-bond acceptors (Lipinski definition) is 4. The van der Waals surface area contributed by atoms with Gasteiger partial charge in [-0.2, -0.15) is 0 Å². The van der Waals surface area contributed by atoms with Crippen LogP contribution in [0.4, 0.5) is 0 Å². The first-order valence-corrected chi connectivity index (χ1v) is 9.25. The Morgan fingerprint density at radius 3 is 2.50 bits per heavy atom. The highest BCUT2D eigenvalue weighted by Gasteiger charge is 2.20. The molecule has 0 unspecified atom stereocenters. The standard InChI is InChI=1S/C23H32O5/c1-17(14-22(24)25)8-7-9-18(2)19-10-11-21(20(15-19)23(3,4)5)28-16-27-13-12-26-6/h7-11,14-15H,12-13,16H2,1-6H3,(H,24,25)/b8-7+,17-14+,18-9+. The van der Waals surface area contributed by atoms with Gasteiger partial charge in [0.2, 0.25) is 0 Å². The summed E-state index contributed by atoms with van der Waals surface area (Å²) in [6.07, 6.45) is 6.78. The van der Waals surface area contributed by atoms with Crippen LogP contribution < -0.4 is 4.74 Å². The molecule has 0 radical (unpaired) electrons. The van der Waals surface area contributed by atoms with E-state index in [2.05, 4.69) is 26.8 Å². The number of hydrogen-bond donors (Lipinski definition) is 1. The number of methoxy groups -OCH3 is 1. The van der Waals surface area contributed by atoms with Crippen LogP contribution in [0.3, 0.4) is 0 Å². The van der Waals surface area contributed by atoms with Gasteiger partial charge < -0.3 is 19.3 Å². The number of aliphatic carboxylic acids is 1. The molecule has 0 fully saturated rings. The third-order valence-corrected chi connectivity index (χ3v) is 4.03. The first-order chi connectivity index (χ1) is 13.1. The third kappa shape index (κ3) is 8.55. The lowest BCUT2D eigenvalue weighted by atomic mass is 9.84. The van der Waals surface area contributed by atoms with E-state index in [9.17, 15) is 4.79 Å². The van der Waals surface area contributed by atoms with Crippen LogP contribution in [0.2, 0.25) is 0 Å². The molecule has 0 atom stereocenters. The van der Waals surface area contributed by atoms with E-state index < -0.39 is 5.97 Å². The molecule has 0 heterocycles. The molecular formula is C23H32O5. The Morgan fingerprint density at radius 1 is 1.18 bits per heavy atom. The second-order valence-corrected chi connectivity index (χ2v) is 7.56. The van der Waals surface area contributed by atoms with Crippen LogP contribution in [-0.2, 0) is 19.7 Å². The third-order valence-electron chi connectivity index (χ3n) is 4.03. The van der Waals surface area contributed by atoms with Gasteiger partial charge in [-0.3, -0.25) is 0 Å². The summed E-state index contributed by atoms with van der Waals surface area (Å²) in [4.78, 5) is 10.7. The second kappa shape index (κ2) is 11.5. The summed E-state index contributed by atoms with van der Waals surface area (Å²) in [6.45, 7) is 11.4. The Morgan fingerprint density at radius 2 is 1.89 bits per heavy atom. The van der Waals surface area contributed by atoms with Crippen molar-refractivity contribution in [2.75, 3.05) is 27.1 Å². The first-order valence-electron chi connectivity index (χ1n) is 9.25. The SMILES string of the molecule is COCCOCOc1ccc(/C(C)=C/C=C/C(C)=C/C(=O)O)cc1C(C)(C)C. The Labute approximate surface area is 168 Å². The molecule has 0 amide bonds. The van der Waals surface area contributed by atoms with Crippen molar-refractivity contribution in [3.8, 4) is 5.75 Å². The Balaban J connectivity index is 2.97. The number of carboxylic acids is 1. The Hall–Kier alpha value is -2.37. The summed E-state index contributed by atoms with van der Waals surface area (Å²) >= 11 is 0. The van der Waals surface area contributed by atoms with Crippen molar-refractivity contribution in [1.29, 1.82) is 0 Å². The Bertz CT molecular complexity index is 736. The fraction of sp³-hybridized carbons (Fsp3) is 0.435. The van der Waals surface area contributed by atoms with E-state index in [0.717, 1.165) is 22.4 Å². The van der Waals surface area contributed by atoms with Gasteiger partial charge >= 0.3 is 5.97 Å². The monoisotopic (exact) mass is 388 g/mol. The molecule has 1 N–H and O–H groups in total. The highest BCUT2D eigenvalue weighted by atomic mass is 16.7. The molecule has 0 aliphatic heterocycles. The lowest BCUT2D eigenvalue weighted by Crippen LogP contribution is -2.15. The molecule has 1 aromatic rings. The lowest BCUT2D eigenvalue weighted by Gasteiger charge is -2.24. The summed E-state index contributed by atoms with van der Waals surface area (Å²) in [6, 6.07) is 6.11. The van der Waals surface area contributed by atoms with Crippen LogP contribution in [0.25, 0.3) is 5.57 Å². The molecular weight excluding hydrogens is 356 g/mol. The topological polar surface area (TPSA) is 65.0 Å². The molecule has 1 rings (SSSR count). The molecule has 28 heavy (non-hydrogen) atoms. The summed E-state index contributed by atoms with van der Waals surface area (Å²) in [5.74, 6) is -0.142. The summed E-state index contributed by atoms with van der Waals surface area (Å²) < 4.78 is 16.2. The minimum Gasteiger partial charge on any atom is -0.478 e. The number of rotatable bonds is 10. The zero-order valence-corrected chi connectivity index (χ0v) is 17.7. The maximum atomic E-state index is 10.7. The molecule has 0 aliphatic rings. The van der Waals surface area contributed by atoms with Crippen LogP contribution in [-0.4, -0.2) is 38.2 Å². The van der Waals surface area contributed by atoms with Gasteiger partial charge in [-0.1, -0.05) is 45.1 Å². The van der Waals surface area contributed by atoms with Crippen molar-refractivity contribution in [3.63, 3.8) is 0 Å². The highest BCUT2D eigenvalue weighted by molar-refractivity contribution is 5.81. The predicted molar refractivity (Wildman–Crippen MR) is 113 cm³/mol. The van der Waals surface area contributed by atoms with Gasteiger partial charge in [0.15, 0.2) is 6.79 Å². The van der Waals surface area contributed by atoms with E-state index in [1.807, 2.05) is 31.2 Å². The van der Waals surface area contributed by atoms with Crippen molar-refractivity contribution < 1.29 is 24.1 Å². The molecule has 154 valence electrons. The molecule has 5 nitrogen and oxygen atoms in total. The smallest absolute Gasteiger partial charge is 0.328 e. The molecule has 0 saturated heterocycles. The van der Waals surface area contributed by atoms with Gasteiger partial charge in [-0.25, -0.2) is 4.79 Å². The van der Waals surface area contributed by atoms with E-state index in [-0.39, 0.29) is 12.2 Å². The van der Waals surface area contributed by atoms with Gasteiger partial charge in [-0.05, 0) is 48.1 Å². The van der Waals surface area contributed by atoms with Crippen LogP contribution in [0.5, 0.6) is 5.75 Å². The van der Waals surface area contributed by atoms with Crippen molar-refractivity contribution in [2.24, 2.45) is 0 Å². The number of carboxylic acid groups (broad SMARTS) is 1. The minimum absolute atomic E-state index is 0.0885. The molecule has 0 spiro atoms. The normalized spacial score (nSPS) is 13.2. The average molecular weight is 389 g/mol. The van der Waals surface area contributed by atoms with Crippen LogP contribution in [0, 0.1) is 0 Å². The van der Waals surface area contributed by atoms with E-state index in [4.69, 9.17) is 19.3 Å². The van der Waals surface area contributed by atoms with Crippen LogP contribution >= 0.6 is 0 Å². The first kappa shape index (κ1) is 23.7. The quantitative estimate of drug-likeness (QED) is 0.265. The fourth-order valence-corrected chi connectivity index (χ4v) is 2.48. The summed E-state index contributed by atoms with van der Waals surface area (Å²) in [7, 11) is 1.63. The van der Waals surface area contributed by atoms with E-state index in [1.165, 1.54) is 6.08 Å². The maximum Gasteiger partial charge on any atom is 0.328 e. The van der Waals surface area contributed by atoms with Crippen molar-refractivity contribution >= 4 is 11.5 Å². The zero-order valence-electron chi connectivity index (χ0n) is 17.7. The molecule has 0 aromatic heterocycles. The van der Waals surface area contributed by atoms with Gasteiger partial charge in [0.05, 0.1) is 13.2 Å². The minimum atomic E-state index is -0.945. The number of carbonyl (C=O) groups is 1. The van der Waals surface area contributed by atoms with Crippen molar-refractivity contribution in [1.82, 2.24) is 0 Å². The molecule has 0 aliphatic carbocycles. The lowest BCUT2D eigenvalue weighted by molar-refractivity contribution is -0.131. The van der Waals surface area contributed by atoms with Crippen LogP contribution in [0.15, 0.2) is 48.1 Å². The zero-order chi connectivity index (χ0) is 21.2. The molecule has 0 bridgehead atoms. The molecule has 0 saturated carbocycles. The van der Waals surface area contributed by atoms with Crippen molar-refractivity contribution in [2.45, 2.75) is 40.0 Å². The largest absolute Gasteiger partial charge is 0.478 e. The fourth-order valence-electron chi connectivity index (χ4n) is 2.48. The van der Waals surface area contributed by atoms with Gasteiger partial charge in [0.25, 0.3) is 0 Å². The second-order valence-electron chi connectivity index (χ2n) is 7.56. The van der Waals surface area contributed by atoms with Crippen molar-refractivity contribution in [3.05, 3.63) is 59.2 Å². The Kier molecular flexibility index (Phi) is 9.69. The highest BCUT2D eigenvalue weighted by Crippen LogP contribution is 2.34. The number of benzene rings is 1. The summed E-state index contributed by atoms with van der Waals surface area (Å²) in [5.41, 5.74) is 3.85. The van der Waals surface area contributed by atoms with Crippen LogP contribution in [0.1, 0.15) is 45.7 Å². The molecule has 1 aromatic carbocycles.